The Morgan fingerprint density at radius 2 is 2.15 bits per heavy atom. The van der Waals surface area contributed by atoms with Crippen LogP contribution in [0.15, 0.2) is 12.1 Å². The van der Waals surface area contributed by atoms with E-state index in [0.29, 0.717) is 5.82 Å². The average molecular weight is 176 g/mol. The second-order valence-corrected chi connectivity index (χ2v) is 3.22. The number of hydrogen-bond acceptors (Lipinski definition) is 3. The average Bonchev–Trinajstić information content (AvgIpc) is 2.47. The SMILES string of the molecule is Cc1cc(C)c2[nH]nc(NN)c2c1. The number of nitrogens with zero attached hydrogens (tertiary/aromatic N) is 1. The van der Waals surface area contributed by atoms with E-state index in [1.807, 2.05) is 6.92 Å². The maximum absolute atomic E-state index is 5.33. The highest BCUT2D eigenvalue weighted by molar-refractivity contribution is 5.92. The van der Waals surface area contributed by atoms with Gasteiger partial charge in [-0.25, -0.2) is 5.84 Å². The highest BCUT2D eigenvalue weighted by atomic mass is 15.3. The number of aromatic amines is 1. The number of hydrogen-bond donors (Lipinski definition) is 3. The first-order chi connectivity index (χ1) is 6.22. The van der Waals surface area contributed by atoms with E-state index >= 15 is 0 Å². The highest BCUT2D eigenvalue weighted by Crippen LogP contribution is 2.23. The quantitative estimate of drug-likeness (QED) is 0.455. The number of benzene rings is 1. The molecule has 68 valence electrons. The number of H-pyrrole nitrogens is 1. The molecule has 0 unspecified atom stereocenters. The first kappa shape index (κ1) is 8.07. The van der Waals surface area contributed by atoms with Gasteiger partial charge in [-0.1, -0.05) is 6.07 Å². The van der Waals surface area contributed by atoms with Crippen molar-refractivity contribution in [2.24, 2.45) is 5.84 Å². The first-order valence-corrected chi connectivity index (χ1v) is 4.14. The molecule has 0 amide bonds. The Hall–Kier alpha value is -1.55. The zero-order valence-corrected chi connectivity index (χ0v) is 7.68. The van der Waals surface area contributed by atoms with Crippen LogP contribution in [-0.4, -0.2) is 10.2 Å². The molecule has 2 rings (SSSR count). The lowest BCUT2D eigenvalue weighted by atomic mass is 10.1. The lowest BCUT2D eigenvalue weighted by Gasteiger charge is -1.99. The molecule has 1 heterocycles. The molecule has 4 heteroatoms. The number of aryl methyl sites for hydroxylation is 2. The maximum atomic E-state index is 5.33. The predicted octanol–water partition coefficient (Wildman–Crippen LogP) is 1.47. The summed E-state index contributed by atoms with van der Waals surface area (Å²) in [5.41, 5.74) is 6.00. The Kier molecular flexibility index (Phi) is 1.70. The minimum absolute atomic E-state index is 0.696. The van der Waals surface area contributed by atoms with Gasteiger partial charge >= 0.3 is 0 Å². The van der Waals surface area contributed by atoms with E-state index in [2.05, 4.69) is 34.7 Å². The molecule has 0 aliphatic rings. The first-order valence-electron chi connectivity index (χ1n) is 4.14. The molecule has 4 N–H and O–H groups in total. The number of anilines is 1. The Balaban J connectivity index is 2.82. The van der Waals surface area contributed by atoms with Crippen LogP contribution in [0, 0.1) is 13.8 Å². The monoisotopic (exact) mass is 176 g/mol. The molecule has 1 aromatic carbocycles. The van der Waals surface area contributed by atoms with Gasteiger partial charge in [0.05, 0.1) is 5.52 Å². The van der Waals surface area contributed by atoms with Crippen LogP contribution in [0.4, 0.5) is 5.82 Å². The third-order valence-corrected chi connectivity index (χ3v) is 2.15. The summed E-state index contributed by atoms with van der Waals surface area (Å²) >= 11 is 0. The van der Waals surface area contributed by atoms with Gasteiger partial charge in [-0.05, 0) is 31.0 Å². The second-order valence-electron chi connectivity index (χ2n) is 3.22. The Morgan fingerprint density at radius 1 is 1.38 bits per heavy atom. The van der Waals surface area contributed by atoms with Crippen molar-refractivity contribution in [1.82, 2.24) is 10.2 Å². The summed E-state index contributed by atoms with van der Waals surface area (Å²) in [6, 6.07) is 4.17. The van der Waals surface area contributed by atoms with Crippen molar-refractivity contribution in [3.63, 3.8) is 0 Å². The van der Waals surface area contributed by atoms with Crippen LogP contribution < -0.4 is 11.3 Å². The molecule has 0 atom stereocenters. The standard InChI is InChI=1S/C9H12N4/c1-5-3-6(2)8-7(4-5)9(11-10)13-12-8/h3-4H,10H2,1-2H3,(H2,11,12,13). The lowest BCUT2D eigenvalue weighted by molar-refractivity contribution is 1.10. The number of nitrogens with one attached hydrogen (secondary N) is 2. The van der Waals surface area contributed by atoms with Gasteiger partial charge in [0.2, 0.25) is 0 Å². The molecule has 2 aromatic rings. The summed E-state index contributed by atoms with van der Waals surface area (Å²) in [6.07, 6.45) is 0. The van der Waals surface area contributed by atoms with Crippen LogP contribution in [0.25, 0.3) is 10.9 Å². The molecule has 1 aromatic heterocycles. The number of nitrogens with two attached hydrogens (primary N) is 1. The predicted molar refractivity (Wildman–Crippen MR) is 53.4 cm³/mol. The molecule has 0 aliphatic carbocycles. The number of hydrazine groups is 1. The number of fused-ring (bicyclic) bond motifs is 1. The van der Waals surface area contributed by atoms with Crippen molar-refractivity contribution in [2.45, 2.75) is 13.8 Å². The van der Waals surface area contributed by atoms with E-state index in [4.69, 9.17) is 5.84 Å². The summed E-state index contributed by atoms with van der Waals surface area (Å²) in [4.78, 5) is 0. The van der Waals surface area contributed by atoms with Gasteiger partial charge < -0.3 is 5.43 Å². The molecule has 0 bridgehead atoms. The molecule has 0 spiro atoms. The van der Waals surface area contributed by atoms with Gasteiger partial charge in [0.15, 0.2) is 5.82 Å². The van der Waals surface area contributed by atoms with Crippen molar-refractivity contribution >= 4 is 16.7 Å². The maximum Gasteiger partial charge on any atom is 0.169 e. The second kappa shape index (κ2) is 2.74. The fourth-order valence-electron chi connectivity index (χ4n) is 1.58. The minimum atomic E-state index is 0.696. The number of rotatable bonds is 1. The van der Waals surface area contributed by atoms with E-state index in [1.54, 1.807) is 0 Å². The van der Waals surface area contributed by atoms with Crippen molar-refractivity contribution in [3.05, 3.63) is 23.3 Å². The molecule has 4 nitrogen and oxygen atoms in total. The summed E-state index contributed by atoms with van der Waals surface area (Å²) in [7, 11) is 0. The zero-order chi connectivity index (χ0) is 9.42. The van der Waals surface area contributed by atoms with Crippen molar-refractivity contribution in [1.29, 1.82) is 0 Å². The van der Waals surface area contributed by atoms with E-state index in [-0.39, 0.29) is 0 Å². The highest BCUT2D eigenvalue weighted by Gasteiger charge is 2.06. The molecule has 13 heavy (non-hydrogen) atoms. The molecule has 0 saturated carbocycles. The number of nitrogen functional groups attached to an aromatic ring is 1. The van der Waals surface area contributed by atoms with Crippen LogP contribution >= 0.6 is 0 Å². The molecule has 0 radical (unpaired) electrons. The topological polar surface area (TPSA) is 66.7 Å². The Bertz CT molecular complexity index is 444. The van der Waals surface area contributed by atoms with Gasteiger partial charge in [-0.15, -0.1) is 0 Å². The van der Waals surface area contributed by atoms with Crippen LogP contribution in [0.2, 0.25) is 0 Å². The largest absolute Gasteiger partial charge is 0.306 e. The van der Waals surface area contributed by atoms with E-state index < -0.39 is 0 Å². The molecular formula is C9H12N4. The smallest absolute Gasteiger partial charge is 0.169 e. The van der Waals surface area contributed by atoms with Gasteiger partial charge in [0.1, 0.15) is 0 Å². The van der Waals surface area contributed by atoms with Crippen molar-refractivity contribution in [2.75, 3.05) is 5.43 Å². The third kappa shape index (κ3) is 1.15. The zero-order valence-electron chi connectivity index (χ0n) is 7.68. The molecule has 0 aliphatic heterocycles. The number of aromatic nitrogens is 2. The molecule has 0 saturated heterocycles. The van der Waals surface area contributed by atoms with E-state index in [9.17, 15) is 0 Å². The van der Waals surface area contributed by atoms with E-state index in [0.717, 1.165) is 10.9 Å². The van der Waals surface area contributed by atoms with Gasteiger partial charge in [-0.2, -0.15) is 5.10 Å². The lowest BCUT2D eigenvalue weighted by Crippen LogP contribution is -2.07. The Morgan fingerprint density at radius 3 is 2.85 bits per heavy atom. The van der Waals surface area contributed by atoms with Crippen LogP contribution in [0.5, 0.6) is 0 Å². The molecule has 0 fully saturated rings. The van der Waals surface area contributed by atoms with Crippen molar-refractivity contribution < 1.29 is 0 Å². The van der Waals surface area contributed by atoms with Gasteiger partial charge in [-0.3, -0.25) is 5.10 Å². The summed E-state index contributed by atoms with van der Waals surface area (Å²) in [5, 5.41) is 8.04. The van der Waals surface area contributed by atoms with Gasteiger partial charge in [0, 0.05) is 5.39 Å². The summed E-state index contributed by atoms with van der Waals surface area (Å²) in [5.74, 6) is 6.02. The third-order valence-electron chi connectivity index (χ3n) is 2.15. The summed E-state index contributed by atoms with van der Waals surface area (Å²) < 4.78 is 0. The van der Waals surface area contributed by atoms with Crippen LogP contribution in [-0.2, 0) is 0 Å². The molecular weight excluding hydrogens is 164 g/mol. The summed E-state index contributed by atoms with van der Waals surface area (Å²) in [6.45, 7) is 4.10. The van der Waals surface area contributed by atoms with Crippen LogP contribution in [0.1, 0.15) is 11.1 Å². The normalized spacial score (nSPS) is 10.7. The fourth-order valence-corrected chi connectivity index (χ4v) is 1.58. The van der Waals surface area contributed by atoms with E-state index in [1.165, 1.54) is 11.1 Å². The van der Waals surface area contributed by atoms with Gasteiger partial charge in [0.25, 0.3) is 0 Å². The Labute approximate surface area is 76.1 Å². The fraction of sp³-hybridized carbons (Fsp3) is 0.222. The van der Waals surface area contributed by atoms with Crippen molar-refractivity contribution in [3.8, 4) is 0 Å². The van der Waals surface area contributed by atoms with Crippen LogP contribution in [0.3, 0.4) is 0 Å². The minimum Gasteiger partial charge on any atom is -0.306 e.